The van der Waals surface area contributed by atoms with Crippen LogP contribution in [0.1, 0.15) is 45.8 Å². The Morgan fingerprint density at radius 1 is 1.26 bits per heavy atom. The van der Waals surface area contributed by atoms with Gasteiger partial charge in [0.15, 0.2) is 0 Å². The fourth-order valence-electron chi connectivity index (χ4n) is 2.41. The monoisotopic (exact) mass is 314 g/mol. The number of nitrogens with one attached hydrogen (secondary N) is 2. The van der Waals surface area contributed by atoms with Gasteiger partial charge in [-0.05, 0) is 50.1 Å². The SMILES string of the molecule is COC(C)c1ccc(C(=O)NCc2c(C)cc(C)[nH]c2=O)cc1. The number of carbonyl (C=O) groups is 1. The van der Waals surface area contributed by atoms with E-state index in [4.69, 9.17) is 4.74 Å². The van der Waals surface area contributed by atoms with Crippen LogP contribution in [0.4, 0.5) is 0 Å². The Labute approximate surface area is 135 Å². The fraction of sp³-hybridized carbons (Fsp3) is 0.333. The molecule has 1 aromatic heterocycles. The van der Waals surface area contributed by atoms with E-state index < -0.39 is 0 Å². The number of aryl methyl sites for hydroxylation is 2. The second kappa shape index (κ2) is 7.24. The highest BCUT2D eigenvalue weighted by molar-refractivity contribution is 5.94. The minimum Gasteiger partial charge on any atom is -0.377 e. The maximum atomic E-state index is 12.2. The van der Waals surface area contributed by atoms with Crippen LogP contribution < -0.4 is 10.9 Å². The number of H-pyrrole nitrogens is 1. The molecule has 23 heavy (non-hydrogen) atoms. The van der Waals surface area contributed by atoms with Gasteiger partial charge in [0.1, 0.15) is 0 Å². The summed E-state index contributed by atoms with van der Waals surface area (Å²) in [6.45, 7) is 5.85. The Morgan fingerprint density at radius 3 is 2.48 bits per heavy atom. The van der Waals surface area contributed by atoms with Gasteiger partial charge in [-0.15, -0.1) is 0 Å². The topological polar surface area (TPSA) is 71.2 Å². The summed E-state index contributed by atoms with van der Waals surface area (Å²) in [5.41, 5.74) is 3.66. The van der Waals surface area contributed by atoms with E-state index >= 15 is 0 Å². The number of ether oxygens (including phenoxy) is 1. The summed E-state index contributed by atoms with van der Waals surface area (Å²) in [7, 11) is 1.65. The molecule has 5 nitrogen and oxygen atoms in total. The summed E-state index contributed by atoms with van der Waals surface area (Å²) in [6.07, 6.45) is -0.0131. The number of amides is 1. The molecule has 0 bridgehead atoms. The van der Waals surface area contributed by atoms with Crippen molar-refractivity contribution in [3.63, 3.8) is 0 Å². The molecule has 0 saturated heterocycles. The summed E-state index contributed by atoms with van der Waals surface area (Å²) in [5.74, 6) is -0.207. The van der Waals surface area contributed by atoms with Crippen LogP contribution in [0, 0.1) is 13.8 Å². The van der Waals surface area contributed by atoms with Gasteiger partial charge in [0.05, 0.1) is 6.10 Å². The van der Waals surface area contributed by atoms with Crippen molar-refractivity contribution in [1.29, 1.82) is 0 Å². The zero-order chi connectivity index (χ0) is 17.0. The molecule has 0 fully saturated rings. The molecule has 2 N–H and O–H groups in total. The number of aromatic amines is 1. The average Bonchev–Trinajstić information content (AvgIpc) is 2.53. The van der Waals surface area contributed by atoms with E-state index in [9.17, 15) is 9.59 Å². The van der Waals surface area contributed by atoms with Crippen molar-refractivity contribution in [2.75, 3.05) is 7.11 Å². The van der Waals surface area contributed by atoms with E-state index in [1.165, 1.54) is 0 Å². The molecule has 0 spiro atoms. The Hall–Kier alpha value is -2.40. The first kappa shape index (κ1) is 17.0. The van der Waals surface area contributed by atoms with Crippen LogP contribution in [0.2, 0.25) is 0 Å². The third-order valence-corrected chi connectivity index (χ3v) is 3.92. The zero-order valence-electron chi connectivity index (χ0n) is 13.9. The van der Waals surface area contributed by atoms with Crippen molar-refractivity contribution < 1.29 is 9.53 Å². The predicted molar refractivity (Wildman–Crippen MR) is 89.6 cm³/mol. The van der Waals surface area contributed by atoms with E-state index in [2.05, 4.69) is 10.3 Å². The summed E-state index contributed by atoms with van der Waals surface area (Å²) >= 11 is 0. The van der Waals surface area contributed by atoms with Gasteiger partial charge in [-0.1, -0.05) is 12.1 Å². The van der Waals surface area contributed by atoms with Crippen molar-refractivity contribution in [3.8, 4) is 0 Å². The van der Waals surface area contributed by atoms with Crippen molar-refractivity contribution in [2.45, 2.75) is 33.4 Å². The molecule has 0 radical (unpaired) electrons. The van der Waals surface area contributed by atoms with E-state index in [0.29, 0.717) is 11.1 Å². The summed E-state index contributed by atoms with van der Waals surface area (Å²) in [4.78, 5) is 26.9. The number of hydrogen-bond donors (Lipinski definition) is 2. The number of rotatable bonds is 5. The van der Waals surface area contributed by atoms with Gasteiger partial charge >= 0.3 is 0 Å². The minimum absolute atomic E-state index is 0.0131. The standard InChI is InChI=1S/C18H22N2O3/c1-11-9-12(2)20-18(22)16(11)10-19-17(21)15-7-5-14(6-8-15)13(3)23-4/h5-9,13H,10H2,1-4H3,(H,19,21)(H,20,22). The molecule has 0 saturated carbocycles. The lowest BCUT2D eigenvalue weighted by atomic mass is 10.1. The van der Waals surface area contributed by atoms with Gasteiger partial charge < -0.3 is 15.0 Å². The highest BCUT2D eigenvalue weighted by Crippen LogP contribution is 2.16. The second-order valence-corrected chi connectivity index (χ2v) is 5.63. The first-order valence-corrected chi connectivity index (χ1v) is 7.52. The first-order valence-electron chi connectivity index (χ1n) is 7.52. The zero-order valence-corrected chi connectivity index (χ0v) is 13.9. The largest absolute Gasteiger partial charge is 0.377 e. The summed E-state index contributed by atoms with van der Waals surface area (Å²) in [6, 6.07) is 9.14. The lowest BCUT2D eigenvalue weighted by Crippen LogP contribution is -2.27. The molecule has 1 amide bonds. The normalized spacial score (nSPS) is 12.0. The van der Waals surface area contributed by atoms with Crippen molar-refractivity contribution in [1.82, 2.24) is 10.3 Å². The van der Waals surface area contributed by atoms with Crippen LogP contribution in [-0.2, 0) is 11.3 Å². The highest BCUT2D eigenvalue weighted by Gasteiger charge is 2.10. The Bertz CT molecular complexity index is 748. The maximum Gasteiger partial charge on any atom is 0.253 e. The van der Waals surface area contributed by atoms with E-state index in [1.54, 1.807) is 19.2 Å². The molecule has 1 heterocycles. The van der Waals surface area contributed by atoms with Crippen LogP contribution in [-0.4, -0.2) is 18.0 Å². The van der Waals surface area contributed by atoms with E-state index in [0.717, 1.165) is 16.8 Å². The Morgan fingerprint density at radius 2 is 1.91 bits per heavy atom. The molecule has 0 aliphatic rings. The fourth-order valence-corrected chi connectivity index (χ4v) is 2.41. The summed E-state index contributed by atoms with van der Waals surface area (Å²) in [5, 5.41) is 2.79. The molecule has 1 aromatic carbocycles. The van der Waals surface area contributed by atoms with Crippen LogP contribution in [0.15, 0.2) is 35.1 Å². The number of aromatic nitrogens is 1. The lowest BCUT2D eigenvalue weighted by molar-refractivity contribution is 0.0950. The van der Waals surface area contributed by atoms with Crippen LogP contribution in [0.25, 0.3) is 0 Å². The minimum atomic E-state index is -0.207. The third kappa shape index (κ3) is 4.07. The first-order chi connectivity index (χ1) is 10.9. The van der Waals surface area contributed by atoms with Crippen LogP contribution in [0.5, 0.6) is 0 Å². The Balaban J connectivity index is 2.07. The van der Waals surface area contributed by atoms with E-state index in [-0.39, 0.29) is 24.1 Å². The number of hydrogen-bond acceptors (Lipinski definition) is 3. The van der Waals surface area contributed by atoms with E-state index in [1.807, 2.05) is 39.0 Å². The number of methoxy groups -OCH3 is 1. The van der Waals surface area contributed by atoms with Gasteiger partial charge in [-0.25, -0.2) is 0 Å². The maximum absolute atomic E-state index is 12.2. The molecule has 5 heteroatoms. The lowest BCUT2D eigenvalue weighted by Gasteiger charge is -2.11. The average molecular weight is 314 g/mol. The van der Waals surface area contributed by atoms with Gasteiger partial charge in [-0.2, -0.15) is 0 Å². The summed E-state index contributed by atoms with van der Waals surface area (Å²) < 4.78 is 5.24. The molecule has 2 rings (SSSR count). The van der Waals surface area contributed by atoms with Crippen LogP contribution >= 0.6 is 0 Å². The van der Waals surface area contributed by atoms with Crippen molar-refractivity contribution in [2.24, 2.45) is 0 Å². The van der Waals surface area contributed by atoms with Gasteiger partial charge in [0.25, 0.3) is 11.5 Å². The molecule has 122 valence electrons. The molecular weight excluding hydrogens is 292 g/mol. The van der Waals surface area contributed by atoms with Gasteiger partial charge in [0.2, 0.25) is 0 Å². The number of carbonyl (C=O) groups excluding carboxylic acids is 1. The van der Waals surface area contributed by atoms with Crippen LogP contribution in [0.3, 0.4) is 0 Å². The second-order valence-electron chi connectivity index (χ2n) is 5.63. The molecular formula is C18H22N2O3. The molecule has 1 unspecified atom stereocenters. The van der Waals surface area contributed by atoms with Gasteiger partial charge in [-0.3, -0.25) is 9.59 Å². The van der Waals surface area contributed by atoms with Crippen molar-refractivity contribution in [3.05, 3.63) is 68.6 Å². The number of benzene rings is 1. The van der Waals surface area contributed by atoms with Gasteiger partial charge in [0, 0.05) is 30.5 Å². The third-order valence-electron chi connectivity index (χ3n) is 3.92. The molecule has 1 atom stereocenters. The quantitative estimate of drug-likeness (QED) is 0.891. The number of pyridine rings is 1. The smallest absolute Gasteiger partial charge is 0.253 e. The highest BCUT2D eigenvalue weighted by atomic mass is 16.5. The Kier molecular flexibility index (Phi) is 5.34. The molecule has 0 aliphatic carbocycles. The predicted octanol–water partition coefficient (Wildman–Crippen LogP) is 2.63. The molecule has 0 aliphatic heterocycles. The van der Waals surface area contributed by atoms with Crippen molar-refractivity contribution >= 4 is 5.91 Å². The molecule has 2 aromatic rings.